The third kappa shape index (κ3) is 7.26. The molecule has 0 radical (unpaired) electrons. The van der Waals surface area contributed by atoms with Crippen LogP contribution in [-0.2, 0) is 6.42 Å². The molecule has 16 rings (SSSR count). The first-order valence-electron chi connectivity index (χ1n) is 26.6. The van der Waals surface area contributed by atoms with Gasteiger partial charge in [0.1, 0.15) is 0 Å². The van der Waals surface area contributed by atoms with E-state index in [4.69, 9.17) is 0 Å². The molecule has 1 unspecified atom stereocenters. The molecule has 0 bridgehead atoms. The monoisotopic (exact) mass is 1010 g/mol. The Balaban J connectivity index is 0.932. The maximum atomic E-state index is 2.66. The van der Waals surface area contributed by atoms with E-state index in [1.807, 2.05) is 22.7 Å². The molecule has 1 atom stereocenters. The number of allylic oxidation sites excluding steroid dienone is 1. The first-order valence-corrected chi connectivity index (χ1v) is 28.3. The molecule has 0 N–H and O–H groups in total. The Hall–Kier alpha value is -9.12. The van der Waals surface area contributed by atoms with E-state index in [0.717, 1.165) is 6.42 Å². The maximum absolute atomic E-state index is 2.66. The Morgan fingerprint density at radius 3 is 1.48 bits per heavy atom. The number of hydrogen-bond acceptors (Lipinski definition) is 2. The van der Waals surface area contributed by atoms with Crippen molar-refractivity contribution in [1.82, 2.24) is 4.57 Å². The number of hydrogen-bond donors (Lipinski definition) is 0. The molecule has 12 aromatic carbocycles. The zero-order valence-electron chi connectivity index (χ0n) is 42.0. The average molecular weight is 1010 g/mol. The van der Waals surface area contributed by atoms with Gasteiger partial charge in [-0.15, -0.1) is 22.7 Å². The number of aromatic nitrogens is 1. The number of thiophene rings is 2. The topological polar surface area (TPSA) is 4.93 Å². The third-order valence-electron chi connectivity index (χ3n) is 16.3. The van der Waals surface area contributed by atoms with Crippen molar-refractivity contribution < 1.29 is 0 Å². The summed E-state index contributed by atoms with van der Waals surface area (Å²) in [5, 5.41) is 11.5. The summed E-state index contributed by atoms with van der Waals surface area (Å²) in [6.45, 7) is 0. The van der Waals surface area contributed by atoms with Gasteiger partial charge in [0.25, 0.3) is 0 Å². The van der Waals surface area contributed by atoms with Gasteiger partial charge in [0.05, 0.1) is 11.2 Å². The van der Waals surface area contributed by atoms with E-state index in [1.165, 1.54) is 151 Å². The molecule has 1 aliphatic carbocycles. The van der Waals surface area contributed by atoms with E-state index in [1.54, 1.807) is 0 Å². The van der Waals surface area contributed by atoms with Gasteiger partial charge in [0.2, 0.25) is 0 Å². The standard InChI is InChI=1S/C74H47NS2/c1-5-17-46(18-6-1)50-31-35-71-64(37-50)66-41-55(48-21-9-3-10-22-48)39-62(73(66)76-71)53-29-33-60-61-34-30-54(45-70(61)75(69(60)44-53)68-43-52-25-13-14-26-57(52)58-27-15-16-28-59(58)68)63-40-56(49-23-11-4-12-24-49)42-67-65-38-51(47-19-7-2-8-20-47)32-36-72(65)77-74(63)67/h1-44,54H,45H2. The van der Waals surface area contributed by atoms with E-state index in [2.05, 4.69) is 272 Å². The van der Waals surface area contributed by atoms with Gasteiger partial charge < -0.3 is 4.57 Å². The zero-order valence-corrected chi connectivity index (χ0v) is 43.6. The Morgan fingerprint density at radius 1 is 0.338 bits per heavy atom. The van der Waals surface area contributed by atoms with Crippen LogP contribution >= 0.6 is 22.7 Å². The van der Waals surface area contributed by atoms with E-state index in [-0.39, 0.29) is 5.92 Å². The highest BCUT2D eigenvalue weighted by Crippen LogP contribution is 2.49. The largest absolute Gasteiger partial charge is 0.312 e. The number of rotatable bonds is 7. The molecule has 77 heavy (non-hydrogen) atoms. The normalized spacial score (nSPS) is 13.5. The summed E-state index contributed by atoms with van der Waals surface area (Å²) in [5.41, 5.74) is 18.8. The summed E-state index contributed by atoms with van der Waals surface area (Å²) in [7, 11) is 0. The molecule has 1 nitrogen and oxygen atoms in total. The molecule has 360 valence electrons. The molecule has 0 aliphatic heterocycles. The van der Waals surface area contributed by atoms with Crippen molar-refractivity contribution in [3.05, 3.63) is 278 Å². The van der Waals surface area contributed by atoms with Crippen LogP contribution in [0.5, 0.6) is 0 Å². The summed E-state index contributed by atoms with van der Waals surface area (Å²) < 4.78 is 7.95. The van der Waals surface area contributed by atoms with Crippen LogP contribution in [0.15, 0.2) is 261 Å². The molecule has 0 saturated heterocycles. The Morgan fingerprint density at radius 2 is 0.844 bits per heavy atom. The van der Waals surface area contributed by atoms with Crippen molar-refractivity contribution in [2.45, 2.75) is 12.3 Å². The minimum atomic E-state index is 0.131. The zero-order chi connectivity index (χ0) is 50.6. The van der Waals surface area contributed by atoms with Gasteiger partial charge in [-0.2, -0.15) is 0 Å². The van der Waals surface area contributed by atoms with E-state index in [0.29, 0.717) is 0 Å². The Labute approximate surface area is 454 Å². The first kappa shape index (κ1) is 44.2. The number of nitrogens with zero attached hydrogens (tertiary/aromatic N) is 1. The minimum Gasteiger partial charge on any atom is -0.312 e. The summed E-state index contributed by atoms with van der Waals surface area (Å²) in [4.78, 5) is 0. The van der Waals surface area contributed by atoms with E-state index in [9.17, 15) is 0 Å². The lowest BCUT2D eigenvalue weighted by molar-refractivity contribution is 0.791. The smallest absolute Gasteiger partial charge is 0.0544 e. The van der Waals surface area contributed by atoms with Crippen molar-refractivity contribution >= 4 is 102 Å². The quantitative estimate of drug-likeness (QED) is 0.140. The fraction of sp³-hybridized carbons (Fsp3) is 0.0270. The van der Waals surface area contributed by atoms with E-state index < -0.39 is 0 Å². The van der Waals surface area contributed by atoms with Crippen LogP contribution in [0.4, 0.5) is 0 Å². The molecule has 0 amide bonds. The molecule has 3 aromatic heterocycles. The molecule has 3 heteroatoms. The highest BCUT2D eigenvalue weighted by molar-refractivity contribution is 7.26. The van der Waals surface area contributed by atoms with Crippen molar-refractivity contribution in [1.29, 1.82) is 0 Å². The molecule has 0 fully saturated rings. The van der Waals surface area contributed by atoms with Crippen molar-refractivity contribution in [3.63, 3.8) is 0 Å². The van der Waals surface area contributed by atoms with Gasteiger partial charge in [-0.1, -0.05) is 206 Å². The second kappa shape index (κ2) is 17.7. The van der Waals surface area contributed by atoms with Crippen LogP contribution in [0, 0.1) is 0 Å². The lowest BCUT2D eigenvalue weighted by Gasteiger charge is -2.23. The summed E-state index contributed by atoms with van der Waals surface area (Å²) in [6, 6.07) is 95.1. The summed E-state index contributed by atoms with van der Waals surface area (Å²) >= 11 is 3.85. The van der Waals surface area contributed by atoms with Gasteiger partial charge in [0.15, 0.2) is 0 Å². The predicted octanol–water partition coefficient (Wildman–Crippen LogP) is 21.4. The van der Waals surface area contributed by atoms with Gasteiger partial charge in [-0.25, -0.2) is 0 Å². The third-order valence-corrected chi connectivity index (χ3v) is 18.8. The fourth-order valence-electron chi connectivity index (χ4n) is 12.6. The average Bonchev–Trinajstić information content (AvgIpc) is 4.30. The Bertz CT molecular complexity index is 4870. The second-order valence-electron chi connectivity index (χ2n) is 20.7. The van der Waals surface area contributed by atoms with Gasteiger partial charge in [-0.05, 0) is 139 Å². The molecule has 15 aromatic rings. The summed E-state index contributed by atoms with van der Waals surface area (Å²) in [5.74, 6) is 0.131. The van der Waals surface area contributed by atoms with Gasteiger partial charge in [0, 0.05) is 73.9 Å². The predicted molar refractivity (Wildman–Crippen MR) is 333 cm³/mol. The van der Waals surface area contributed by atoms with Crippen LogP contribution in [0.25, 0.3) is 140 Å². The number of benzene rings is 12. The molecule has 0 spiro atoms. The molecule has 1 aliphatic rings. The lowest BCUT2D eigenvalue weighted by atomic mass is 9.85. The van der Waals surface area contributed by atoms with Crippen molar-refractivity contribution in [3.8, 4) is 61.3 Å². The first-order chi connectivity index (χ1) is 38.1. The van der Waals surface area contributed by atoms with Crippen LogP contribution in [0.3, 0.4) is 0 Å². The van der Waals surface area contributed by atoms with E-state index >= 15 is 0 Å². The van der Waals surface area contributed by atoms with Crippen LogP contribution < -0.4 is 0 Å². The molecule has 0 saturated carbocycles. The van der Waals surface area contributed by atoms with Crippen LogP contribution in [0.2, 0.25) is 0 Å². The second-order valence-corrected chi connectivity index (χ2v) is 22.8. The van der Waals surface area contributed by atoms with Crippen LogP contribution in [0.1, 0.15) is 22.7 Å². The molecular weight excluding hydrogens is 967 g/mol. The maximum Gasteiger partial charge on any atom is 0.0544 e. The number of fused-ring (bicyclic) bond motifs is 12. The minimum absolute atomic E-state index is 0.131. The van der Waals surface area contributed by atoms with Gasteiger partial charge >= 0.3 is 0 Å². The molecular formula is C74H47NS2. The summed E-state index contributed by atoms with van der Waals surface area (Å²) in [6.07, 6.45) is 5.81. The fourth-order valence-corrected chi connectivity index (χ4v) is 15.0. The van der Waals surface area contributed by atoms with Gasteiger partial charge in [-0.3, -0.25) is 0 Å². The van der Waals surface area contributed by atoms with Crippen molar-refractivity contribution in [2.75, 3.05) is 0 Å². The SMILES string of the molecule is C1=CC(c2cc(-c3ccccc3)cc3c2sc2ccc(-c4ccccc4)cc23)Cc2c1c1ccc(-c3cc(-c4ccccc4)cc4c3sc3ccc(-c5ccccc5)cc34)cc1n2-c1cc2ccccc2c2ccccc12. The Kier molecular flexibility index (Phi) is 10.2. The van der Waals surface area contributed by atoms with Crippen LogP contribution in [-0.4, -0.2) is 4.57 Å². The van der Waals surface area contributed by atoms with Crippen molar-refractivity contribution in [2.24, 2.45) is 0 Å². The molecule has 3 heterocycles. The highest BCUT2D eigenvalue weighted by Gasteiger charge is 2.28. The highest BCUT2D eigenvalue weighted by atomic mass is 32.1. The lowest BCUT2D eigenvalue weighted by Crippen LogP contribution is -2.10.